The number of hydrogen-bond acceptors (Lipinski definition) is 3. The molecular formula is C14H24N2O4. The molecule has 2 N–H and O–H groups in total. The van der Waals surface area contributed by atoms with Crippen LogP contribution in [0.3, 0.4) is 0 Å². The molecule has 20 heavy (non-hydrogen) atoms. The summed E-state index contributed by atoms with van der Waals surface area (Å²) in [7, 11) is 1.40. The van der Waals surface area contributed by atoms with Crippen molar-refractivity contribution in [3.63, 3.8) is 0 Å². The number of carbonyl (C=O) groups excluding carboxylic acids is 1. The Bertz CT molecular complexity index is 398. The van der Waals surface area contributed by atoms with Crippen molar-refractivity contribution in [3.8, 4) is 0 Å². The highest BCUT2D eigenvalue weighted by Crippen LogP contribution is 2.29. The van der Waals surface area contributed by atoms with Crippen LogP contribution in [-0.4, -0.2) is 54.9 Å². The van der Waals surface area contributed by atoms with Crippen LogP contribution in [-0.2, 0) is 9.53 Å². The molecule has 0 radical (unpaired) electrons. The molecule has 0 aromatic rings. The molecule has 6 nitrogen and oxygen atoms in total. The van der Waals surface area contributed by atoms with Crippen molar-refractivity contribution in [1.82, 2.24) is 10.2 Å². The number of methoxy groups -OCH3 is 1. The van der Waals surface area contributed by atoms with Gasteiger partial charge in [0.2, 0.25) is 0 Å². The summed E-state index contributed by atoms with van der Waals surface area (Å²) in [4.78, 5) is 24.6. The molecule has 1 unspecified atom stereocenters. The number of carboxylic acid groups (broad SMARTS) is 1. The van der Waals surface area contributed by atoms with Crippen LogP contribution in [0.1, 0.15) is 27.2 Å². The summed E-state index contributed by atoms with van der Waals surface area (Å²) >= 11 is 0. The fourth-order valence-electron chi connectivity index (χ4n) is 2.12. The van der Waals surface area contributed by atoms with Crippen molar-refractivity contribution in [2.45, 2.75) is 33.2 Å². The van der Waals surface area contributed by atoms with Gasteiger partial charge in [0.05, 0.1) is 6.61 Å². The molecule has 0 aliphatic carbocycles. The average Bonchev–Trinajstić information content (AvgIpc) is 2.37. The fraction of sp³-hybridized carbons (Fsp3) is 0.714. The Morgan fingerprint density at radius 1 is 1.50 bits per heavy atom. The Kier molecular flexibility index (Phi) is 5.56. The number of hydrogen-bond donors (Lipinski definition) is 2. The number of rotatable bonds is 4. The van der Waals surface area contributed by atoms with Gasteiger partial charge in [0, 0.05) is 20.2 Å². The van der Waals surface area contributed by atoms with Crippen LogP contribution >= 0.6 is 0 Å². The molecule has 0 saturated carbocycles. The lowest BCUT2D eigenvalue weighted by atomic mass is 9.83. The zero-order chi connectivity index (χ0) is 15.3. The van der Waals surface area contributed by atoms with E-state index in [0.29, 0.717) is 13.1 Å². The second kappa shape index (κ2) is 6.74. The van der Waals surface area contributed by atoms with E-state index in [1.807, 2.05) is 0 Å². The Morgan fingerprint density at radius 3 is 2.55 bits per heavy atom. The fourth-order valence-corrected chi connectivity index (χ4v) is 2.12. The van der Waals surface area contributed by atoms with Gasteiger partial charge < -0.3 is 20.1 Å². The zero-order valence-electron chi connectivity index (χ0n) is 12.6. The van der Waals surface area contributed by atoms with Gasteiger partial charge in [0.15, 0.2) is 6.04 Å². The molecule has 1 atom stereocenters. The van der Waals surface area contributed by atoms with Crippen LogP contribution in [0.25, 0.3) is 0 Å². The highest BCUT2D eigenvalue weighted by molar-refractivity contribution is 5.82. The second-order valence-corrected chi connectivity index (χ2v) is 5.97. The van der Waals surface area contributed by atoms with E-state index in [9.17, 15) is 9.59 Å². The number of carboxylic acids is 1. The molecule has 1 aliphatic rings. The van der Waals surface area contributed by atoms with E-state index in [-0.39, 0.29) is 18.1 Å². The predicted octanol–water partition coefficient (Wildman–Crippen LogP) is 1.47. The highest BCUT2D eigenvalue weighted by Gasteiger charge is 2.26. The first-order valence-corrected chi connectivity index (χ1v) is 6.72. The predicted molar refractivity (Wildman–Crippen MR) is 75.6 cm³/mol. The van der Waals surface area contributed by atoms with E-state index < -0.39 is 12.0 Å². The second-order valence-electron chi connectivity index (χ2n) is 5.97. The third-order valence-corrected chi connectivity index (χ3v) is 3.39. The minimum absolute atomic E-state index is 0.0437. The summed E-state index contributed by atoms with van der Waals surface area (Å²) < 4.78 is 4.79. The van der Waals surface area contributed by atoms with E-state index in [0.717, 1.165) is 6.42 Å². The molecule has 1 rings (SSSR count). The van der Waals surface area contributed by atoms with Crippen LogP contribution in [0.15, 0.2) is 11.6 Å². The monoisotopic (exact) mass is 284 g/mol. The Morgan fingerprint density at radius 2 is 2.15 bits per heavy atom. The van der Waals surface area contributed by atoms with Gasteiger partial charge in [-0.15, -0.1) is 0 Å². The largest absolute Gasteiger partial charge is 0.480 e. The smallest absolute Gasteiger partial charge is 0.328 e. The first-order chi connectivity index (χ1) is 9.25. The summed E-state index contributed by atoms with van der Waals surface area (Å²) in [6.45, 7) is 7.51. The lowest BCUT2D eigenvalue weighted by molar-refractivity contribution is -0.140. The summed E-state index contributed by atoms with van der Waals surface area (Å²) in [5.74, 6) is -1.09. The van der Waals surface area contributed by atoms with Crippen LogP contribution in [0.2, 0.25) is 0 Å². The van der Waals surface area contributed by atoms with Gasteiger partial charge >= 0.3 is 12.0 Å². The molecule has 1 heterocycles. The van der Waals surface area contributed by atoms with E-state index in [1.165, 1.54) is 12.7 Å². The minimum atomic E-state index is -1.09. The van der Waals surface area contributed by atoms with Gasteiger partial charge in [0.25, 0.3) is 0 Å². The molecule has 0 aromatic carbocycles. The van der Waals surface area contributed by atoms with Gasteiger partial charge in [-0.25, -0.2) is 9.59 Å². The molecule has 0 aromatic heterocycles. The van der Waals surface area contributed by atoms with Crippen molar-refractivity contribution in [2.75, 3.05) is 26.8 Å². The van der Waals surface area contributed by atoms with Crippen LogP contribution in [0.5, 0.6) is 0 Å². The zero-order valence-corrected chi connectivity index (χ0v) is 12.6. The number of nitrogens with zero attached hydrogens (tertiary/aromatic N) is 1. The van der Waals surface area contributed by atoms with Crippen molar-refractivity contribution < 1.29 is 19.4 Å². The summed E-state index contributed by atoms with van der Waals surface area (Å²) in [6, 6.07) is -1.38. The molecule has 2 amide bonds. The average molecular weight is 284 g/mol. The number of nitrogens with one attached hydrogen (secondary N) is 1. The lowest BCUT2D eigenvalue weighted by Crippen LogP contribution is -2.51. The van der Waals surface area contributed by atoms with Crippen LogP contribution in [0, 0.1) is 5.41 Å². The number of aliphatic carboxylic acids is 1. The van der Waals surface area contributed by atoms with Crippen molar-refractivity contribution >= 4 is 12.0 Å². The molecule has 0 spiro atoms. The Labute approximate surface area is 119 Å². The quantitative estimate of drug-likeness (QED) is 0.766. The summed E-state index contributed by atoms with van der Waals surface area (Å²) in [5, 5.41) is 11.4. The number of carbonyl (C=O) groups is 2. The number of urea groups is 1. The normalized spacial score (nSPS) is 17.4. The number of ether oxygens (including phenoxy) is 1. The number of amides is 2. The first kappa shape index (κ1) is 16.5. The maximum atomic E-state index is 12.0. The van der Waals surface area contributed by atoms with Crippen molar-refractivity contribution in [3.05, 3.63) is 11.6 Å². The summed E-state index contributed by atoms with van der Waals surface area (Å²) in [5.41, 5.74) is 1.44. The molecule has 0 fully saturated rings. The molecule has 114 valence electrons. The topological polar surface area (TPSA) is 78.9 Å². The van der Waals surface area contributed by atoms with E-state index in [4.69, 9.17) is 9.84 Å². The molecule has 6 heteroatoms. The minimum Gasteiger partial charge on any atom is -0.480 e. The molecule has 0 bridgehead atoms. The maximum absolute atomic E-state index is 12.0. The maximum Gasteiger partial charge on any atom is 0.328 e. The van der Waals surface area contributed by atoms with E-state index in [2.05, 4.69) is 32.2 Å². The third kappa shape index (κ3) is 4.52. The van der Waals surface area contributed by atoms with E-state index in [1.54, 1.807) is 4.90 Å². The van der Waals surface area contributed by atoms with Gasteiger partial charge in [0.1, 0.15) is 0 Å². The molecule has 0 saturated heterocycles. The van der Waals surface area contributed by atoms with Crippen LogP contribution < -0.4 is 5.32 Å². The first-order valence-electron chi connectivity index (χ1n) is 6.72. The SMILES string of the molecule is COCC(NC(=O)N1CC=C(C(C)(C)C)CC1)C(=O)O. The van der Waals surface area contributed by atoms with Gasteiger partial charge in [-0.2, -0.15) is 0 Å². The van der Waals surface area contributed by atoms with Gasteiger partial charge in [-0.1, -0.05) is 32.4 Å². The highest BCUT2D eigenvalue weighted by atomic mass is 16.5. The Balaban J connectivity index is 2.58. The summed E-state index contributed by atoms with van der Waals surface area (Å²) in [6.07, 6.45) is 2.87. The van der Waals surface area contributed by atoms with Crippen LogP contribution in [0.4, 0.5) is 4.79 Å². The van der Waals surface area contributed by atoms with Gasteiger partial charge in [-0.05, 0) is 11.8 Å². The van der Waals surface area contributed by atoms with Crippen molar-refractivity contribution in [2.24, 2.45) is 5.41 Å². The van der Waals surface area contributed by atoms with Gasteiger partial charge in [-0.3, -0.25) is 0 Å². The van der Waals surface area contributed by atoms with E-state index >= 15 is 0 Å². The standard InChI is InChI=1S/C14H24N2O4/c1-14(2,3)10-5-7-16(8-6-10)13(19)15-11(9-20-4)12(17)18/h5,11H,6-9H2,1-4H3,(H,15,19)(H,17,18). The van der Waals surface area contributed by atoms with Crippen molar-refractivity contribution in [1.29, 1.82) is 0 Å². The Hall–Kier alpha value is -1.56. The lowest BCUT2D eigenvalue weighted by Gasteiger charge is -2.32. The molecular weight excluding hydrogens is 260 g/mol. The molecule has 1 aliphatic heterocycles. The third-order valence-electron chi connectivity index (χ3n) is 3.39.